The second kappa shape index (κ2) is 11.7. The third kappa shape index (κ3) is 7.25. The Labute approximate surface area is 165 Å². The predicted octanol–water partition coefficient (Wildman–Crippen LogP) is 7.39. The lowest BCUT2D eigenvalue weighted by Gasteiger charge is -2.43. The number of hydrogen-bond acceptors (Lipinski definition) is 1. The molecule has 7 unspecified atom stereocenters. The number of rotatable bonds is 10. The Morgan fingerprint density at radius 3 is 2.19 bits per heavy atom. The number of hydrogen-bond donors (Lipinski definition) is 0. The van der Waals surface area contributed by atoms with Gasteiger partial charge < -0.3 is 4.74 Å². The van der Waals surface area contributed by atoms with Crippen molar-refractivity contribution < 1.29 is 17.9 Å². The van der Waals surface area contributed by atoms with Crippen LogP contribution < -0.4 is 0 Å². The second-order valence-electron chi connectivity index (χ2n) is 9.26. The Bertz CT molecular complexity index is 390. The number of alkyl halides is 3. The SMILES string of the molecule is CCCC(CCF)C(CCC)C(C)C1COCC(C(C)(F)F)CC(C)C1C. The van der Waals surface area contributed by atoms with Crippen molar-refractivity contribution in [2.45, 2.75) is 86.0 Å². The Morgan fingerprint density at radius 1 is 1.04 bits per heavy atom. The molecule has 162 valence electrons. The molecule has 1 saturated heterocycles. The summed E-state index contributed by atoms with van der Waals surface area (Å²) in [6, 6.07) is 0. The van der Waals surface area contributed by atoms with Crippen molar-refractivity contribution in [3.05, 3.63) is 0 Å². The molecular formula is C23H43F3O. The molecule has 1 rings (SSSR count). The van der Waals surface area contributed by atoms with Gasteiger partial charge in [0.15, 0.2) is 0 Å². The summed E-state index contributed by atoms with van der Waals surface area (Å²) >= 11 is 0. The van der Waals surface area contributed by atoms with Crippen molar-refractivity contribution in [2.75, 3.05) is 19.9 Å². The molecule has 0 amide bonds. The lowest BCUT2D eigenvalue weighted by atomic mass is 9.65. The molecule has 0 aromatic rings. The molecule has 0 aromatic carbocycles. The molecule has 0 spiro atoms. The van der Waals surface area contributed by atoms with Gasteiger partial charge in [-0.1, -0.05) is 60.3 Å². The Kier molecular flexibility index (Phi) is 10.7. The first kappa shape index (κ1) is 24.8. The van der Waals surface area contributed by atoms with E-state index in [4.69, 9.17) is 4.74 Å². The number of ether oxygens (including phenoxy) is 1. The maximum Gasteiger partial charge on any atom is 0.250 e. The highest BCUT2D eigenvalue weighted by atomic mass is 19.3. The van der Waals surface area contributed by atoms with E-state index in [-0.39, 0.29) is 19.2 Å². The molecular weight excluding hydrogens is 349 g/mol. The molecule has 1 heterocycles. The van der Waals surface area contributed by atoms with E-state index >= 15 is 0 Å². The van der Waals surface area contributed by atoms with Crippen LogP contribution in [0.3, 0.4) is 0 Å². The van der Waals surface area contributed by atoms with Crippen molar-refractivity contribution >= 4 is 0 Å². The zero-order valence-electron chi connectivity index (χ0n) is 18.4. The summed E-state index contributed by atoms with van der Waals surface area (Å²) in [5.41, 5.74) is 0. The number of halogens is 3. The van der Waals surface area contributed by atoms with Crippen molar-refractivity contribution in [1.29, 1.82) is 0 Å². The largest absolute Gasteiger partial charge is 0.381 e. The lowest BCUT2D eigenvalue weighted by molar-refractivity contribution is -0.108. The van der Waals surface area contributed by atoms with Crippen LogP contribution in [0.5, 0.6) is 0 Å². The van der Waals surface area contributed by atoms with Gasteiger partial charge in [0.1, 0.15) is 0 Å². The summed E-state index contributed by atoms with van der Waals surface area (Å²) in [6.45, 7) is 12.5. The van der Waals surface area contributed by atoms with Gasteiger partial charge in [-0.2, -0.15) is 0 Å². The van der Waals surface area contributed by atoms with Crippen LogP contribution in [0, 0.1) is 41.4 Å². The summed E-state index contributed by atoms with van der Waals surface area (Å²) in [5.74, 6) is -1.15. The molecule has 0 aromatic heterocycles. The first-order chi connectivity index (χ1) is 12.7. The van der Waals surface area contributed by atoms with E-state index in [1.807, 2.05) is 0 Å². The van der Waals surface area contributed by atoms with E-state index in [1.54, 1.807) is 0 Å². The van der Waals surface area contributed by atoms with Gasteiger partial charge in [0.25, 0.3) is 0 Å². The fourth-order valence-electron chi connectivity index (χ4n) is 5.30. The molecule has 0 radical (unpaired) electrons. The highest BCUT2D eigenvalue weighted by Gasteiger charge is 2.41. The second-order valence-corrected chi connectivity index (χ2v) is 9.26. The van der Waals surface area contributed by atoms with Crippen LogP contribution >= 0.6 is 0 Å². The first-order valence-electron chi connectivity index (χ1n) is 11.2. The molecule has 1 aliphatic rings. The van der Waals surface area contributed by atoms with Crippen LogP contribution in [0.1, 0.15) is 80.1 Å². The van der Waals surface area contributed by atoms with E-state index in [2.05, 4.69) is 34.6 Å². The van der Waals surface area contributed by atoms with E-state index in [9.17, 15) is 13.2 Å². The maximum absolute atomic E-state index is 13.9. The normalized spacial score (nSPS) is 31.0. The molecule has 0 bridgehead atoms. The highest BCUT2D eigenvalue weighted by molar-refractivity contribution is 4.87. The first-order valence-corrected chi connectivity index (χ1v) is 11.2. The van der Waals surface area contributed by atoms with Gasteiger partial charge in [0, 0.05) is 12.5 Å². The molecule has 1 aliphatic heterocycles. The van der Waals surface area contributed by atoms with Crippen LogP contribution in [0.2, 0.25) is 0 Å². The van der Waals surface area contributed by atoms with Crippen molar-refractivity contribution in [3.63, 3.8) is 0 Å². The molecule has 0 aliphatic carbocycles. The molecule has 0 saturated carbocycles. The highest BCUT2D eigenvalue weighted by Crippen LogP contribution is 2.43. The minimum Gasteiger partial charge on any atom is -0.381 e. The van der Waals surface area contributed by atoms with Crippen LogP contribution in [-0.2, 0) is 4.74 Å². The van der Waals surface area contributed by atoms with Crippen LogP contribution in [0.4, 0.5) is 13.2 Å². The Morgan fingerprint density at radius 2 is 1.67 bits per heavy atom. The summed E-state index contributed by atoms with van der Waals surface area (Å²) in [7, 11) is 0. The van der Waals surface area contributed by atoms with Crippen molar-refractivity contribution in [1.82, 2.24) is 0 Å². The fraction of sp³-hybridized carbons (Fsp3) is 1.00. The molecule has 4 heteroatoms. The zero-order valence-corrected chi connectivity index (χ0v) is 18.4. The average molecular weight is 393 g/mol. The third-order valence-corrected chi connectivity index (χ3v) is 7.29. The van der Waals surface area contributed by atoms with Crippen LogP contribution in [0.25, 0.3) is 0 Å². The van der Waals surface area contributed by atoms with Gasteiger partial charge in [-0.3, -0.25) is 4.39 Å². The monoisotopic (exact) mass is 392 g/mol. The Hall–Kier alpha value is -0.250. The van der Waals surface area contributed by atoms with E-state index in [1.165, 1.54) is 0 Å². The third-order valence-electron chi connectivity index (χ3n) is 7.29. The van der Waals surface area contributed by atoms with Crippen LogP contribution in [0.15, 0.2) is 0 Å². The summed E-state index contributed by atoms with van der Waals surface area (Å²) in [4.78, 5) is 0. The lowest BCUT2D eigenvalue weighted by Crippen LogP contribution is -2.41. The molecule has 7 atom stereocenters. The van der Waals surface area contributed by atoms with Crippen LogP contribution in [-0.4, -0.2) is 25.8 Å². The van der Waals surface area contributed by atoms with Crippen molar-refractivity contribution in [2.24, 2.45) is 41.4 Å². The predicted molar refractivity (Wildman–Crippen MR) is 108 cm³/mol. The van der Waals surface area contributed by atoms with Gasteiger partial charge in [0.05, 0.1) is 13.3 Å². The van der Waals surface area contributed by atoms with E-state index in [0.717, 1.165) is 32.6 Å². The molecule has 0 N–H and O–H groups in total. The zero-order chi connectivity index (χ0) is 20.6. The van der Waals surface area contributed by atoms with Crippen molar-refractivity contribution in [3.8, 4) is 0 Å². The minimum atomic E-state index is -2.69. The van der Waals surface area contributed by atoms with E-state index in [0.29, 0.717) is 49.0 Å². The smallest absolute Gasteiger partial charge is 0.250 e. The van der Waals surface area contributed by atoms with Gasteiger partial charge in [-0.25, -0.2) is 8.78 Å². The van der Waals surface area contributed by atoms with Gasteiger partial charge in [-0.05, 0) is 55.3 Å². The molecule has 1 nitrogen and oxygen atoms in total. The standard InChI is InChI=1S/C23H43F3O/c1-7-9-19(11-12-24)21(10-8-2)18(5)22-15-27-14-20(23(6,25)26)13-16(3)17(22)4/h16-22H,7-15H2,1-6H3. The summed E-state index contributed by atoms with van der Waals surface area (Å²) in [5, 5.41) is 0. The van der Waals surface area contributed by atoms with Gasteiger partial charge in [-0.15, -0.1) is 0 Å². The average Bonchev–Trinajstić information content (AvgIpc) is 2.58. The van der Waals surface area contributed by atoms with Gasteiger partial charge >= 0.3 is 0 Å². The quantitative estimate of drug-likeness (QED) is 0.376. The topological polar surface area (TPSA) is 9.23 Å². The summed E-state index contributed by atoms with van der Waals surface area (Å²) in [6.07, 6.45) is 5.51. The van der Waals surface area contributed by atoms with E-state index < -0.39 is 11.8 Å². The minimum absolute atomic E-state index is 0.144. The fourth-order valence-corrected chi connectivity index (χ4v) is 5.30. The Balaban J connectivity index is 2.95. The maximum atomic E-state index is 13.9. The molecule has 1 fully saturated rings. The molecule has 27 heavy (non-hydrogen) atoms. The van der Waals surface area contributed by atoms with Gasteiger partial charge in [0.2, 0.25) is 5.92 Å². The summed E-state index contributed by atoms with van der Waals surface area (Å²) < 4.78 is 46.8.